The van der Waals surface area contributed by atoms with Crippen LogP contribution < -0.4 is 21.7 Å². The standard InChI is InChI=1S/C24H41F3N4S/c1-14(18-11-19(24(25,26)27)13-20(28)12-18)29-23-21-5-3-16(17-7-9-32-10-8-17)4-6-22(21)30-15(2)31-23/h3,14-15,17-23,29-31H,4-13,28H2,1-2H3. The number of nitrogens with one attached hydrogen (secondary N) is 3. The summed E-state index contributed by atoms with van der Waals surface area (Å²) in [6, 6.07) is 0.0604. The number of rotatable bonds is 4. The lowest BCUT2D eigenvalue weighted by molar-refractivity contribution is -0.188. The Labute approximate surface area is 195 Å². The van der Waals surface area contributed by atoms with Gasteiger partial charge in [-0.15, -0.1) is 0 Å². The van der Waals surface area contributed by atoms with Crippen LogP contribution in [0.15, 0.2) is 11.6 Å². The molecule has 2 heterocycles. The van der Waals surface area contributed by atoms with Gasteiger partial charge in [0, 0.05) is 24.0 Å². The first-order valence-corrected chi connectivity index (χ1v) is 13.7. The van der Waals surface area contributed by atoms with Gasteiger partial charge in [-0.1, -0.05) is 11.6 Å². The first kappa shape index (κ1) is 24.8. The zero-order valence-electron chi connectivity index (χ0n) is 19.5. The van der Waals surface area contributed by atoms with Gasteiger partial charge in [-0.25, -0.2) is 0 Å². The number of hydrogen-bond donors (Lipinski definition) is 4. The first-order chi connectivity index (χ1) is 15.2. The Morgan fingerprint density at radius 3 is 2.59 bits per heavy atom. The average Bonchev–Trinajstić information content (AvgIpc) is 2.96. The van der Waals surface area contributed by atoms with Crippen molar-refractivity contribution in [3.8, 4) is 0 Å². The second kappa shape index (κ2) is 10.5. The molecule has 8 unspecified atom stereocenters. The van der Waals surface area contributed by atoms with E-state index in [4.69, 9.17) is 5.73 Å². The van der Waals surface area contributed by atoms with E-state index in [1.807, 2.05) is 0 Å². The number of hydrogen-bond acceptors (Lipinski definition) is 5. The van der Waals surface area contributed by atoms with Crippen LogP contribution in [0.3, 0.4) is 0 Å². The van der Waals surface area contributed by atoms with E-state index in [0.717, 1.165) is 18.8 Å². The van der Waals surface area contributed by atoms with Crippen molar-refractivity contribution in [2.24, 2.45) is 29.4 Å². The predicted molar refractivity (Wildman–Crippen MR) is 126 cm³/mol. The quantitative estimate of drug-likeness (QED) is 0.456. The lowest BCUT2D eigenvalue weighted by Crippen LogP contribution is -2.67. The van der Waals surface area contributed by atoms with Gasteiger partial charge in [-0.2, -0.15) is 24.9 Å². The molecule has 2 saturated heterocycles. The van der Waals surface area contributed by atoms with Crippen molar-refractivity contribution in [2.45, 2.75) is 102 Å². The van der Waals surface area contributed by atoms with Crippen molar-refractivity contribution in [1.29, 1.82) is 0 Å². The molecule has 4 aliphatic rings. The van der Waals surface area contributed by atoms with Crippen molar-refractivity contribution in [1.82, 2.24) is 16.0 Å². The molecule has 2 aliphatic carbocycles. The van der Waals surface area contributed by atoms with Gasteiger partial charge in [0.15, 0.2) is 0 Å². The third kappa shape index (κ3) is 6.04. The van der Waals surface area contributed by atoms with E-state index in [1.165, 1.54) is 30.8 Å². The Morgan fingerprint density at radius 2 is 1.88 bits per heavy atom. The summed E-state index contributed by atoms with van der Waals surface area (Å²) in [7, 11) is 0. The molecule has 2 aliphatic heterocycles. The zero-order chi connectivity index (χ0) is 22.9. The molecule has 8 heteroatoms. The number of fused-ring (bicyclic) bond motifs is 1. The minimum absolute atomic E-state index is 0.00303. The summed E-state index contributed by atoms with van der Waals surface area (Å²) >= 11 is 2.07. The molecule has 0 bridgehead atoms. The van der Waals surface area contributed by atoms with Gasteiger partial charge in [-0.05, 0) is 88.6 Å². The van der Waals surface area contributed by atoms with Crippen LogP contribution in [0.25, 0.3) is 0 Å². The summed E-state index contributed by atoms with van der Waals surface area (Å²) in [6.45, 7) is 4.19. The van der Waals surface area contributed by atoms with Crippen molar-refractivity contribution >= 4 is 11.8 Å². The second-order valence-electron chi connectivity index (χ2n) is 10.7. The molecule has 32 heavy (non-hydrogen) atoms. The number of allylic oxidation sites excluding steroid dienone is 2. The molecule has 0 radical (unpaired) electrons. The Hall–Kier alpha value is -0.280. The summed E-state index contributed by atoms with van der Waals surface area (Å²) in [4.78, 5) is 0. The lowest BCUT2D eigenvalue weighted by Gasteiger charge is -2.45. The van der Waals surface area contributed by atoms with Crippen LogP contribution in [0, 0.1) is 23.7 Å². The van der Waals surface area contributed by atoms with E-state index in [-0.39, 0.29) is 43.2 Å². The topological polar surface area (TPSA) is 62.1 Å². The summed E-state index contributed by atoms with van der Waals surface area (Å²) in [5, 5.41) is 11.1. The van der Waals surface area contributed by atoms with Crippen molar-refractivity contribution in [3.05, 3.63) is 11.6 Å². The van der Waals surface area contributed by atoms with Gasteiger partial charge in [0.05, 0.1) is 18.2 Å². The third-order valence-electron chi connectivity index (χ3n) is 8.37. The molecule has 0 aromatic rings. The van der Waals surface area contributed by atoms with E-state index in [9.17, 15) is 13.2 Å². The fraction of sp³-hybridized carbons (Fsp3) is 0.917. The van der Waals surface area contributed by atoms with Crippen LogP contribution in [0.4, 0.5) is 13.2 Å². The molecule has 4 rings (SSSR count). The number of alkyl halides is 3. The molecule has 1 saturated carbocycles. The lowest BCUT2D eigenvalue weighted by atomic mass is 9.75. The predicted octanol–water partition coefficient (Wildman–Crippen LogP) is 4.37. The first-order valence-electron chi connectivity index (χ1n) is 12.6. The van der Waals surface area contributed by atoms with Crippen LogP contribution in [0.1, 0.15) is 65.2 Å². The summed E-state index contributed by atoms with van der Waals surface area (Å²) in [5.74, 6) is 2.37. The van der Waals surface area contributed by atoms with Crippen molar-refractivity contribution < 1.29 is 13.2 Å². The Balaban J connectivity index is 1.42. The maximum atomic E-state index is 13.4. The second-order valence-corrected chi connectivity index (χ2v) is 11.9. The molecule has 0 amide bonds. The molecular formula is C24H41F3N4S. The molecule has 5 N–H and O–H groups in total. The van der Waals surface area contributed by atoms with Gasteiger partial charge >= 0.3 is 6.18 Å². The smallest absolute Gasteiger partial charge is 0.328 e. The highest BCUT2D eigenvalue weighted by molar-refractivity contribution is 7.99. The Bertz CT molecular complexity index is 652. The Morgan fingerprint density at radius 1 is 1.12 bits per heavy atom. The normalized spacial score (nSPS) is 40.8. The van der Waals surface area contributed by atoms with E-state index in [2.05, 4.69) is 47.6 Å². The molecule has 3 fully saturated rings. The van der Waals surface area contributed by atoms with Crippen molar-refractivity contribution in [2.75, 3.05) is 11.5 Å². The summed E-state index contributed by atoms with van der Waals surface area (Å²) in [5.41, 5.74) is 7.70. The van der Waals surface area contributed by atoms with Gasteiger partial charge in [-0.3, -0.25) is 16.0 Å². The molecule has 0 spiro atoms. The highest BCUT2D eigenvalue weighted by atomic mass is 32.2. The number of thioether (sulfide) groups is 1. The van der Waals surface area contributed by atoms with Crippen LogP contribution in [-0.4, -0.2) is 48.1 Å². The van der Waals surface area contributed by atoms with E-state index >= 15 is 0 Å². The van der Waals surface area contributed by atoms with Crippen molar-refractivity contribution in [3.63, 3.8) is 0 Å². The van der Waals surface area contributed by atoms with Crippen LogP contribution >= 0.6 is 11.8 Å². The van der Waals surface area contributed by atoms with Crippen LogP contribution in [-0.2, 0) is 0 Å². The van der Waals surface area contributed by atoms with Gasteiger partial charge in [0.1, 0.15) is 0 Å². The molecule has 0 aromatic carbocycles. The minimum Gasteiger partial charge on any atom is -0.328 e. The summed E-state index contributed by atoms with van der Waals surface area (Å²) in [6.07, 6.45) is 5.49. The summed E-state index contributed by atoms with van der Waals surface area (Å²) < 4.78 is 40.2. The average molecular weight is 475 g/mol. The number of halogens is 3. The van der Waals surface area contributed by atoms with Crippen LogP contribution in [0.5, 0.6) is 0 Å². The van der Waals surface area contributed by atoms with Gasteiger partial charge in [0.2, 0.25) is 0 Å². The largest absolute Gasteiger partial charge is 0.391 e. The molecular weight excluding hydrogens is 433 g/mol. The van der Waals surface area contributed by atoms with Crippen LogP contribution in [0.2, 0.25) is 0 Å². The number of nitrogens with two attached hydrogens (primary N) is 1. The monoisotopic (exact) mass is 474 g/mol. The SMILES string of the molecule is CC1NC2CCC(C3CCSCC3)=CCC2C(NC(C)C2CC(N)CC(C(F)(F)F)C2)N1. The highest BCUT2D eigenvalue weighted by Crippen LogP contribution is 2.41. The van der Waals surface area contributed by atoms with Gasteiger partial charge in [0.25, 0.3) is 0 Å². The van der Waals surface area contributed by atoms with E-state index < -0.39 is 12.1 Å². The fourth-order valence-electron chi connectivity index (χ4n) is 6.54. The maximum absolute atomic E-state index is 13.4. The molecule has 8 atom stereocenters. The van der Waals surface area contributed by atoms with E-state index in [0.29, 0.717) is 18.4 Å². The minimum atomic E-state index is -4.15. The molecule has 4 nitrogen and oxygen atoms in total. The van der Waals surface area contributed by atoms with E-state index in [1.54, 1.807) is 5.57 Å². The molecule has 0 aromatic heterocycles. The maximum Gasteiger partial charge on any atom is 0.391 e. The fourth-order valence-corrected chi connectivity index (χ4v) is 7.65. The third-order valence-corrected chi connectivity index (χ3v) is 9.42. The molecule has 184 valence electrons. The highest BCUT2D eigenvalue weighted by Gasteiger charge is 2.46. The Kier molecular flexibility index (Phi) is 8.19. The van der Waals surface area contributed by atoms with Gasteiger partial charge < -0.3 is 5.73 Å². The zero-order valence-corrected chi connectivity index (χ0v) is 20.3.